The van der Waals surface area contributed by atoms with Crippen molar-refractivity contribution in [2.24, 2.45) is 0 Å². The minimum atomic E-state index is 0.882. The molecule has 0 saturated carbocycles. The fourth-order valence-electron chi connectivity index (χ4n) is 2.70. The lowest BCUT2D eigenvalue weighted by Crippen LogP contribution is -2.00. The third kappa shape index (κ3) is 2.84. The molecule has 0 amide bonds. The second-order valence-electron chi connectivity index (χ2n) is 5.27. The molecule has 2 aromatic carbocycles. The predicted molar refractivity (Wildman–Crippen MR) is 84.7 cm³/mol. The predicted octanol–water partition coefficient (Wildman–Crippen LogP) is 4.86. The highest BCUT2D eigenvalue weighted by Crippen LogP contribution is 2.25. The first kappa shape index (κ1) is 12.7. The highest BCUT2D eigenvalue weighted by Gasteiger charge is 2.10. The van der Waals surface area contributed by atoms with Crippen LogP contribution in [-0.4, -0.2) is 0 Å². The summed E-state index contributed by atoms with van der Waals surface area (Å²) in [4.78, 5) is 0. The number of fused-ring (bicyclic) bond motifs is 1. The molecule has 1 aliphatic rings. The molecule has 0 radical (unpaired) electrons. The van der Waals surface area contributed by atoms with Crippen LogP contribution in [0, 0.1) is 6.92 Å². The van der Waals surface area contributed by atoms with E-state index in [1.165, 1.54) is 51.7 Å². The van der Waals surface area contributed by atoms with E-state index < -0.39 is 0 Å². The summed E-state index contributed by atoms with van der Waals surface area (Å²) in [6.45, 7) is 3.01. The van der Waals surface area contributed by atoms with E-state index >= 15 is 0 Å². The van der Waals surface area contributed by atoms with Gasteiger partial charge in [0, 0.05) is 16.7 Å². The normalized spacial score (nSPS) is 13.4. The minimum absolute atomic E-state index is 0.882. The molecule has 3 rings (SSSR count). The summed E-state index contributed by atoms with van der Waals surface area (Å²) < 4.78 is 1.17. The molecule has 0 spiro atoms. The summed E-state index contributed by atoms with van der Waals surface area (Å²) in [5, 5.41) is 3.52. The molecule has 0 unspecified atom stereocenters. The molecule has 1 N–H and O–H groups in total. The molecular weight excluding hydrogens is 298 g/mol. The SMILES string of the molecule is Cc1cc(CNc2ccc3c(c2)CCC3)ccc1Br. The topological polar surface area (TPSA) is 12.0 Å². The van der Waals surface area contributed by atoms with Crippen molar-refractivity contribution < 1.29 is 0 Å². The number of rotatable bonds is 3. The molecule has 0 atom stereocenters. The molecule has 0 saturated heterocycles. The fraction of sp³-hybridized carbons (Fsp3) is 0.294. The second kappa shape index (κ2) is 5.38. The van der Waals surface area contributed by atoms with E-state index in [0.717, 1.165) is 6.54 Å². The second-order valence-corrected chi connectivity index (χ2v) is 6.13. The van der Waals surface area contributed by atoms with Gasteiger partial charge in [-0.15, -0.1) is 0 Å². The first-order chi connectivity index (χ1) is 9.22. The van der Waals surface area contributed by atoms with Gasteiger partial charge in [-0.2, -0.15) is 0 Å². The third-order valence-electron chi connectivity index (χ3n) is 3.82. The van der Waals surface area contributed by atoms with Gasteiger partial charge in [-0.1, -0.05) is 34.1 Å². The lowest BCUT2D eigenvalue weighted by atomic mass is 10.1. The Bertz CT molecular complexity index is 604. The van der Waals surface area contributed by atoms with Gasteiger partial charge in [-0.05, 0) is 66.6 Å². The van der Waals surface area contributed by atoms with E-state index in [1.807, 2.05) is 0 Å². The highest BCUT2D eigenvalue weighted by molar-refractivity contribution is 9.10. The van der Waals surface area contributed by atoms with Crippen molar-refractivity contribution in [3.8, 4) is 0 Å². The Morgan fingerprint density at radius 1 is 1.05 bits per heavy atom. The first-order valence-corrected chi connectivity index (χ1v) is 7.62. The number of halogens is 1. The van der Waals surface area contributed by atoms with E-state index in [2.05, 4.69) is 64.6 Å². The molecule has 0 aromatic heterocycles. The number of benzene rings is 2. The van der Waals surface area contributed by atoms with Gasteiger partial charge < -0.3 is 5.32 Å². The Balaban J connectivity index is 1.70. The Labute approximate surface area is 123 Å². The minimum Gasteiger partial charge on any atom is -0.381 e. The lowest BCUT2D eigenvalue weighted by Gasteiger charge is -2.09. The largest absolute Gasteiger partial charge is 0.381 e. The maximum absolute atomic E-state index is 3.54. The number of nitrogens with one attached hydrogen (secondary N) is 1. The molecule has 2 aromatic rings. The molecule has 98 valence electrons. The molecule has 0 heterocycles. The third-order valence-corrected chi connectivity index (χ3v) is 4.71. The van der Waals surface area contributed by atoms with Crippen LogP contribution < -0.4 is 5.32 Å². The van der Waals surface area contributed by atoms with Crippen LogP contribution in [0.25, 0.3) is 0 Å². The summed E-state index contributed by atoms with van der Waals surface area (Å²) in [5.74, 6) is 0. The Kier molecular flexibility index (Phi) is 3.61. The maximum atomic E-state index is 3.54. The van der Waals surface area contributed by atoms with E-state index in [9.17, 15) is 0 Å². The number of hydrogen-bond donors (Lipinski definition) is 1. The van der Waals surface area contributed by atoms with Crippen molar-refractivity contribution >= 4 is 21.6 Å². The van der Waals surface area contributed by atoms with Crippen LogP contribution in [0.1, 0.15) is 28.7 Å². The summed E-state index contributed by atoms with van der Waals surface area (Å²) >= 11 is 3.54. The average Bonchev–Trinajstić information content (AvgIpc) is 2.87. The van der Waals surface area contributed by atoms with E-state index in [4.69, 9.17) is 0 Å². The van der Waals surface area contributed by atoms with Gasteiger partial charge in [-0.3, -0.25) is 0 Å². The quantitative estimate of drug-likeness (QED) is 0.853. The monoisotopic (exact) mass is 315 g/mol. The van der Waals surface area contributed by atoms with Crippen molar-refractivity contribution in [2.45, 2.75) is 32.7 Å². The standard InChI is InChI=1S/C17H18BrN/c1-12-9-13(5-8-17(12)18)11-19-16-7-6-14-3-2-4-15(14)10-16/h5-10,19H,2-4,11H2,1H3. The number of hydrogen-bond acceptors (Lipinski definition) is 1. The molecule has 1 nitrogen and oxygen atoms in total. The van der Waals surface area contributed by atoms with Gasteiger partial charge in [0.15, 0.2) is 0 Å². The highest BCUT2D eigenvalue weighted by atomic mass is 79.9. The van der Waals surface area contributed by atoms with Crippen molar-refractivity contribution in [3.63, 3.8) is 0 Å². The molecule has 0 bridgehead atoms. The molecular formula is C17H18BrN. The van der Waals surface area contributed by atoms with Crippen molar-refractivity contribution in [1.29, 1.82) is 0 Å². The van der Waals surface area contributed by atoms with E-state index in [0.29, 0.717) is 0 Å². The van der Waals surface area contributed by atoms with Gasteiger partial charge in [0.2, 0.25) is 0 Å². The van der Waals surface area contributed by atoms with Crippen LogP contribution >= 0.6 is 15.9 Å². The summed E-state index contributed by atoms with van der Waals surface area (Å²) in [6.07, 6.45) is 3.80. The van der Waals surface area contributed by atoms with E-state index in [1.54, 1.807) is 0 Å². The smallest absolute Gasteiger partial charge is 0.0400 e. The zero-order valence-corrected chi connectivity index (χ0v) is 12.8. The van der Waals surface area contributed by atoms with Gasteiger partial charge in [0.05, 0.1) is 0 Å². The Hall–Kier alpha value is -1.28. The number of aryl methyl sites for hydroxylation is 3. The molecule has 1 aliphatic carbocycles. The zero-order chi connectivity index (χ0) is 13.2. The van der Waals surface area contributed by atoms with Crippen LogP contribution in [0.3, 0.4) is 0 Å². The molecule has 2 heteroatoms. The summed E-state index contributed by atoms with van der Waals surface area (Å²) in [6, 6.07) is 13.3. The van der Waals surface area contributed by atoms with Gasteiger partial charge in [0.25, 0.3) is 0 Å². The van der Waals surface area contributed by atoms with Crippen LogP contribution in [0.15, 0.2) is 40.9 Å². The summed E-state index contributed by atoms with van der Waals surface area (Å²) in [5.41, 5.74) is 6.90. The van der Waals surface area contributed by atoms with Crippen LogP contribution in [0.2, 0.25) is 0 Å². The Morgan fingerprint density at radius 2 is 1.89 bits per heavy atom. The van der Waals surface area contributed by atoms with Crippen LogP contribution in [-0.2, 0) is 19.4 Å². The summed E-state index contributed by atoms with van der Waals surface area (Å²) in [7, 11) is 0. The molecule has 0 aliphatic heterocycles. The van der Waals surface area contributed by atoms with Crippen LogP contribution in [0.4, 0.5) is 5.69 Å². The molecule has 0 fully saturated rings. The average molecular weight is 316 g/mol. The lowest BCUT2D eigenvalue weighted by molar-refractivity contribution is 0.912. The first-order valence-electron chi connectivity index (χ1n) is 6.83. The van der Waals surface area contributed by atoms with E-state index in [-0.39, 0.29) is 0 Å². The Morgan fingerprint density at radius 3 is 2.74 bits per heavy atom. The van der Waals surface area contributed by atoms with Gasteiger partial charge in [0.1, 0.15) is 0 Å². The van der Waals surface area contributed by atoms with Crippen molar-refractivity contribution in [1.82, 2.24) is 0 Å². The molecule has 19 heavy (non-hydrogen) atoms. The maximum Gasteiger partial charge on any atom is 0.0400 e. The van der Waals surface area contributed by atoms with Crippen molar-refractivity contribution in [2.75, 3.05) is 5.32 Å². The van der Waals surface area contributed by atoms with Gasteiger partial charge >= 0.3 is 0 Å². The van der Waals surface area contributed by atoms with Crippen molar-refractivity contribution in [3.05, 3.63) is 63.1 Å². The zero-order valence-electron chi connectivity index (χ0n) is 11.2. The van der Waals surface area contributed by atoms with Gasteiger partial charge in [-0.25, -0.2) is 0 Å². The van der Waals surface area contributed by atoms with Crippen LogP contribution in [0.5, 0.6) is 0 Å². The number of anilines is 1. The fourth-order valence-corrected chi connectivity index (χ4v) is 2.95.